The molecule has 1 saturated heterocycles. The SMILES string of the molecule is O=C(O)CCC(NC(=O)OCC1c2ccccc2-c2ccccc21)C(=O)N1CC(O)C(O)C1. The summed E-state index contributed by atoms with van der Waals surface area (Å²) in [7, 11) is 0. The van der Waals surface area contributed by atoms with Gasteiger partial charge in [-0.05, 0) is 28.7 Å². The maximum absolute atomic E-state index is 12.8. The number of rotatable bonds is 7. The zero-order chi connectivity index (χ0) is 23.5. The third-order valence-electron chi connectivity index (χ3n) is 6.15. The average molecular weight is 454 g/mol. The first kappa shape index (κ1) is 22.8. The zero-order valence-corrected chi connectivity index (χ0v) is 17.9. The van der Waals surface area contributed by atoms with Gasteiger partial charge < -0.3 is 30.3 Å². The number of nitrogens with zero attached hydrogens (tertiary/aromatic N) is 1. The lowest BCUT2D eigenvalue weighted by atomic mass is 9.98. The van der Waals surface area contributed by atoms with Gasteiger partial charge in [0.25, 0.3) is 0 Å². The number of benzene rings is 2. The molecule has 9 nitrogen and oxygen atoms in total. The molecule has 1 fully saturated rings. The molecular weight excluding hydrogens is 428 g/mol. The third kappa shape index (κ3) is 4.84. The predicted octanol–water partition coefficient (Wildman–Crippen LogP) is 1.32. The van der Waals surface area contributed by atoms with Crippen LogP contribution >= 0.6 is 0 Å². The van der Waals surface area contributed by atoms with Gasteiger partial charge in [-0.25, -0.2) is 4.79 Å². The van der Waals surface area contributed by atoms with E-state index in [0.29, 0.717) is 0 Å². The minimum absolute atomic E-state index is 0.0564. The van der Waals surface area contributed by atoms with Gasteiger partial charge in [-0.2, -0.15) is 0 Å². The van der Waals surface area contributed by atoms with E-state index in [1.165, 1.54) is 4.90 Å². The molecule has 174 valence electrons. The van der Waals surface area contributed by atoms with Gasteiger partial charge in [0, 0.05) is 25.4 Å². The normalized spacial score (nSPS) is 20.1. The van der Waals surface area contributed by atoms with Crippen LogP contribution in [-0.4, -0.2) is 76.1 Å². The van der Waals surface area contributed by atoms with E-state index >= 15 is 0 Å². The maximum Gasteiger partial charge on any atom is 0.407 e. The minimum Gasteiger partial charge on any atom is -0.481 e. The van der Waals surface area contributed by atoms with Crippen molar-refractivity contribution >= 4 is 18.0 Å². The summed E-state index contributed by atoms with van der Waals surface area (Å²) in [5.41, 5.74) is 4.26. The summed E-state index contributed by atoms with van der Waals surface area (Å²) in [5, 5.41) is 30.9. The van der Waals surface area contributed by atoms with E-state index < -0.39 is 36.2 Å². The average Bonchev–Trinajstić information content (AvgIpc) is 3.31. The lowest BCUT2D eigenvalue weighted by Gasteiger charge is -2.24. The summed E-state index contributed by atoms with van der Waals surface area (Å²) in [5.74, 6) is -1.83. The molecule has 2 aromatic rings. The summed E-state index contributed by atoms with van der Waals surface area (Å²) in [6, 6.07) is 14.6. The molecule has 1 aliphatic carbocycles. The van der Waals surface area contributed by atoms with Gasteiger partial charge in [0.05, 0.1) is 12.2 Å². The Morgan fingerprint density at radius 3 is 2.06 bits per heavy atom. The molecular formula is C24H26N2O7. The number of hydrogen-bond donors (Lipinski definition) is 4. The van der Waals surface area contributed by atoms with E-state index in [9.17, 15) is 24.6 Å². The molecule has 2 aliphatic rings. The monoisotopic (exact) mass is 454 g/mol. The Morgan fingerprint density at radius 1 is 0.970 bits per heavy atom. The second-order valence-electron chi connectivity index (χ2n) is 8.33. The van der Waals surface area contributed by atoms with Crippen molar-refractivity contribution in [2.24, 2.45) is 0 Å². The third-order valence-corrected chi connectivity index (χ3v) is 6.15. The van der Waals surface area contributed by atoms with Crippen LogP contribution in [0.3, 0.4) is 0 Å². The Morgan fingerprint density at radius 2 is 1.52 bits per heavy atom. The number of carbonyl (C=O) groups is 3. The van der Waals surface area contributed by atoms with Crippen molar-refractivity contribution in [2.45, 2.75) is 37.0 Å². The summed E-state index contributed by atoms with van der Waals surface area (Å²) in [6.07, 6.45) is -3.46. The number of fused-ring (bicyclic) bond motifs is 3. The number of aliphatic carboxylic acids is 1. The van der Waals surface area contributed by atoms with Crippen LogP contribution in [0.2, 0.25) is 0 Å². The van der Waals surface area contributed by atoms with Gasteiger partial charge in [0.15, 0.2) is 0 Å². The second-order valence-corrected chi connectivity index (χ2v) is 8.33. The molecule has 1 aliphatic heterocycles. The van der Waals surface area contributed by atoms with E-state index in [1.807, 2.05) is 48.5 Å². The highest BCUT2D eigenvalue weighted by Crippen LogP contribution is 2.44. The largest absolute Gasteiger partial charge is 0.481 e. The molecule has 0 bridgehead atoms. The van der Waals surface area contributed by atoms with Crippen LogP contribution in [0.4, 0.5) is 4.79 Å². The van der Waals surface area contributed by atoms with Crippen molar-refractivity contribution in [3.63, 3.8) is 0 Å². The van der Waals surface area contributed by atoms with E-state index in [0.717, 1.165) is 22.3 Å². The maximum atomic E-state index is 12.8. The number of carboxylic acids is 1. The van der Waals surface area contributed by atoms with Crippen LogP contribution in [-0.2, 0) is 14.3 Å². The molecule has 9 heteroatoms. The molecule has 4 N–H and O–H groups in total. The molecule has 3 unspecified atom stereocenters. The van der Waals surface area contributed by atoms with Gasteiger partial charge in [-0.15, -0.1) is 0 Å². The summed E-state index contributed by atoms with van der Waals surface area (Å²) >= 11 is 0. The van der Waals surface area contributed by atoms with E-state index in [4.69, 9.17) is 9.84 Å². The number of alkyl carbamates (subject to hydrolysis) is 1. The first-order valence-corrected chi connectivity index (χ1v) is 10.8. The number of likely N-dealkylation sites (tertiary alicyclic amines) is 1. The Bertz CT molecular complexity index is 1000. The van der Waals surface area contributed by atoms with E-state index in [2.05, 4.69) is 5.32 Å². The molecule has 2 amide bonds. The van der Waals surface area contributed by atoms with Gasteiger partial charge in [0.1, 0.15) is 12.6 Å². The number of carbonyl (C=O) groups excluding carboxylic acids is 2. The van der Waals surface area contributed by atoms with E-state index in [1.54, 1.807) is 0 Å². The predicted molar refractivity (Wildman–Crippen MR) is 117 cm³/mol. The Balaban J connectivity index is 1.42. The van der Waals surface area contributed by atoms with Crippen LogP contribution in [0.1, 0.15) is 29.9 Å². The molecule has 3 atom stereocenters. The van der Waals surface area contributed by atoms with Crippen molar-refractivity contribution < 1.29 is 34.4 Å². The number of β-amino-alcohol motifs (C(OH)–C–C–N with tert-alkyl or cyclic N) is 2. The Labute approximate surface area is 190 Å². The highest BCUT2D eigenvalue weighted by molar-refractivity contribution is 5.86. The zero-order valence-electron chi connectivity index (χ0n) is 17.9. The number of amides is 2. The molecule has 33 heavy (non-hydrogen) atoms. The number of nitrogens with one attached hydrogen (secondary N) is 1. The fourth-order valence-electron chi connectivity index (χ4n) is 4.48. The highest BCUT2D eigenvalue weighted by atomic mass is 16.5. The van der Waals surface area contributed by atoms with Gasteiger partial charge in [-0.3, -0.25) is 9.59 Å². The summed E-state index contributed by atoms with van der Waals surface area (Å²) in [4.78, 5) is 37.6. The Hall–Kier alpha value is -3.43. The number of hydrogen-bond acceptors (Lipinski definition) is 6. The fourth-order valence-corrected chi connectivity index (χ4v) is 4.48. The fraction of sp³-hybridized carbons (Fsp3) is 0.375. The molecule has 0 spiro atoms. The van der Waals surface area contributed by atoms with Crippen LogP contribution in [0.5, 0.6) is 0 Å². The quantitative estimate of drug-likeness (QED) is 0.495. The van der Waals surface area contributed by atoms with Crippen molar-refractivity contribution in [3.05, 3.63) is 59.7 Å². The van der Waals surface area contributed by atoms with Crippen molar-refractivity contribution in [2.75, 3.05) is 19.7 Å². The van der Waals surface area contributed by atoms with Gasteiger partial charge >= 0.3 is 12.1 Å². The van der Waals surface area contributed by atoms with Crippen molar-refractivity contribution in [1.29, 1.82) is 0 Å². The van der Waals surface area contributed by atoms with Gasteiger partial charge in [0.2, 0.25) is 5.91 Å². The lowest BCUT2D eigenvalue weighted by molar-refractivity contribution is -0.138. The molecule has 2 aromatic carbocycles. The van der Waals surface area contributed by atoms with Gasteiger partial charge in [-0.1, -0.05) is 48.5 Å². The standard InChI is InChI=1S/C24H26N2O7/c27-20-11-26(12-21(20)28)23(31)19(9-10-22(29)30)25-24(32)33-13-18-16-7-3-1-5-14(16)15-6-2-4-8-17(15)18/h1-8,18-21,27-28H,9-13H2,(H,25,32)(H,29,30). The molecule has 0 radical (unpaired) electrons. The molecule has 0 saturated carbocycles. The van der Waals surface area contributed by atoms with Crippen LogP contribution < -0.4 is 5.32 Å². The topological polar surface area (TPSA) is 136 Å². The van der Waals surface area contributed by atoms with Crippen LogP contribution in [0.25, 0.3) is 11.1 Å². The molecule has 4 rings (SSSR count). The second kappa shape index (κ2) is 9.60. The van der Waals surface area contributed by atoms with Crippen LogP contribution in [0, 0.1) is 0 Å². The summed E-state index contributed by atoms with van der Waals surface area (Å²) < 4.78 is 5.47. The summed E-state index contributed by atoms with van der Waals surface area (Å²) in [6.45, 7) is -0.118. The number of ether oxygens (including phenoxy) is 1. The number of aliphatic hydroxyl groups is 2. The first-order chi connectivity index (χ1) is 15.8. The smallest absolute Gasteiger partial charge is 0.407 e. The van der Waals surface area contributed by atoms with Crippen LogP contribution in [0.15, 0.2) is 48.5 Å². The first-order valence-electron chi connectivity index (χ1n) is 10.8. The number of carboxylic acid groups (broad SMARTS) is 1. The van der Waals surface area contributed by atoms with Crippen molar-refractivity contribution in [3.8, 4) is 11.1 Å². The Kier molecular flexibility index (Phi) is 6.62. The molecule has 0 aromatic heterocycles. The minimum atomic E-state index is -1.14. The highest BCUT2D eigenvalue weighted by Gasteiger charge is 2.36. The van der Waals surface area contributed by atoms with E-state index in [-0.39, 0.29) is 38.5 Å². The lowest BCUT2D eigenvalue weighted by Crippen LogP contribution is -2.48. The number of aliphatic hydroxyl groups excluding tert-OH is 2. The molecule has 1 heterocycles. The van der Waals surface area contributed by atoms with Crippen molar-refractivity contribution in [1.82, 2.24) is 10.2 Å².